The minimum Gasteiger partial charge on any atom is -0.340 e. The SMILES string of the molecule is Cc1ccnc(Nc2cc(Nc3ccc(NS(=O)(=O)c4cccc(F)c4)cc3)ncn2)c1. The number of rotatable bonds is 7. The van der Waals surface area contributed by atoms with Crippen molar-refractivity contribution in [3.8, 4) is 0 Å². The van der Waals surface area contributed by atoms with Gasteiger partial charge in [0.15, 0.2) is 0 Å². The maximum Gasteiger partial charge on any atom is 0.261 e. The third-order valence-electron chi connectivity index (χ3n) is 4.35. The lowest BCUT2D eigenvalue weighted by molar-refractivity contribution is 0.595. The topological polar surface area (TPSA) is 109 Å². The van der Waals surface area contributed by atoms with E-state index in [0.29, 0.717) is 28.8 Å². The van der Waals surface area contributed by atoms with E-state index >= 15 is 0 Å². The van der Waals surface area contributed by atoms with E-state index in [1.807, 2.05) is 19.1 Å². The van der Waals surface area contributed by atoms with E-state index in [0.717, 1.165) is 11.6 Å². The van der Waals surface area contributed by atoms with Crippen LogP contribution in [0, 0.1) is 12.7 Å². The molecule has 32 heavy (non-hydrogen) atoms. The molecule has 4 aromatic rings. The monoisotopic (exact) mass is 450 g/mol. The molecule has 0 aliphatic heterocycles. The average molecular weight is 450 g/mol. The van der Waals surface area contributed by atoms with Crippen molar-refractivity contribution < 1.29 is 12.8 Å². The molecule has 0 fully saturated rings. The van der Waals surface area contributed by atoms with Gasteiger partial charge in [0.05, 0.1) is 4.90 Å². The molecule has 2 aromatic carbocycles. The zero-order valence-electron chi connectivity index (χ0n) is 16.9. The fourth-order valence-corrected chi connectivity index (χ4v) is 3.94. The lowest BCUT2D eigenvalue weighted by atomic mass is 10.3. The van der Waals surface area contributed by atoms with Crippen molar-refractivity contribution >= 4 is 38.9 Å². The highest BCUT2D eigenvalue weighted by Crippen LogP contribution is 2.22. The molecule has 3 N–H and O–H groups in total. The molecule has 8 nitrogen and oxygen atoms in total. The second-order valence-corrected chi connectivity index (χ2v) is 8.58. The minimum absolute atomic E-state index is 0.149. The first-order chi connectivity index (χ1) is 15.4. The second-order valence-electron chi connectivity index (χ2n) is 6.90. The second kappa shape index (κ2) is 8.98. The summed E-state index contributed by atoms with van der Waals surface area (Å²) in [7, 11) is -3.89. The van der Waals surface area contributed by atoms with Crippen molar-refractivity contribution in [3.05, 3.63) is 90.6 Å². The van der Waals surface area contributed by atoms with Gasteiger partial charge in [-0.25, -0.2) is 27.8 Å². The Balaban J connectivity index is 1.44. The van der Waals surface area contributed by atoms with Crippen LogP contribution in [-0.4, -0.2) is 23.4 Å². The van der Waals surface area contributed by atoms with E-state index in [9.17, 15) is 12.8 Å². The molecule has 162 valence electrons. The molecule has 4 rings (SSSR count). The lowest BCUT2D eigenvalue weighted by Crippen LogP contribution is -2.13. The van der Waals surface area contributed by atoms with Crippen LogP contribution in [0.3, 0.4) is 0 Å². The number of anilines is 5. The summed E-state index contributed by atoms with van der Waals surface area (Å²) in [5.74, 6) is 1.16. The van der Waals surface area contributed by atoms with Crippen molar-refractivity contribution in [2.75, 3.05) is 15.4 Å². The third kappa shape index (κ3) is 5.35. The van der Waals surface area contributed by atoms with Crippen molar-refractivity contribution in [2.45, 2.75) is 11.8 Å². The van der Waals surface area contributed by atoms with Crippen LogP contribution in [0.1, 0.15) is 5.56 Å². The van der Waals surface area contributed by atoms with Gasteiger partial charge in [-0.05, 0) is 67.1 Å². The Morgan fingerprint density at radius 2 is 1.47 bits per heavy atom. The lowest BCUT2D eigenvalue weighted by Gasteiger charge is -2.11. The molecular formula is C22H19FN6O2S. The van der Waals surface area contributed by atoms with Crippen molar-refractivity contribution in [3.63, 3.8) is 0 Å². The van der Waals surface area contributed by atoms with Gasteiger partial charge in [0.25, 0.3) is 10.0 Å². The zero-order valence-corrected chi connectivity index (χ0v) is 17.8. The number of benzene rings is 2. The van der Waals surface area contributed by atoms with Crippen LogP contribution in [0.2, 0.25) is 0 Å². The van der Waals surface area contributed by atoms with Gasteiger partial charge >= 0.3 is 0 Å². The van der Waals surface area contributed by atoms with E-state index in [-0.39, 0.29) is 4.90 Å². The van der Waals surface area contributed by atoms with Gasteiger partial charge < -0.3 is 10.6 Å². The Hall–Kier alpha value is -4.05. The summed E-state index contributed by atoms with van der Waals surface area (Å²) in [4.78, 5) is 12.5. The Morgan fingerprint density at radius 1 is 0.781 bits per heavy atom. The summed E-state index contributed by atoms with van der Waals surface area (Å²) < 4.78 is 40.6. The zero-order chi connectivity index (χ0) is 22.6. The average Bonchev–Trinajstić information content (AvgIpc) is 2.75. The number of nitrogens with zero attached hydrogens (tertiary/aromatic N) is 3. The molecule has 0 atom stereocenters. The number of hydrogen-bond donors (Lipinski definition) is 3. The molecule has 0 aliphatic carbocycles. The normalized spacial score (nSPS) is 11.1. The highest BCUT2D eigenvalue weighted by atomic mass is 32.2. The van der Waals surface area contributed by atoms with E-state index in [4.69, 9.17) is 0 Å². The van der Waals surface area contributed by atoms with E-state index in [2.05, 4.69) is 30.3 Å². The maximum atomic E-state index is 13.3. The fraction of sp³-hybridized carbons (Fsp3) is 0.0455. The predicted molar refractivity (Wildman–Crippen MR) is 121 cm³/mol. The number of sulfonamides is 1. The highest BCUT2D eigenvalue weighted by Gasteiger charge is 2.14. The summed E-state index contributed by atoms with van der Waals surface area (Å²) in [6.07, 6.45) is 3.13. The minimum atomic E-state index is -3.89. The smallest absolute Gasteiger partial charge is 0.261 e. The van der Waals surface area contributed by atoms with Crippen LogP contribution < -0.4 is 15.4 Å². The molecule has 0 aliphatic rings. The molecule has 0 amide bonds. The van der Waals surface area contributed by atoms with Crippen LogP contribution in [0.15, 0.2) is 84.1 Å². The number of nitrogens with one attached hydrogen (secondary N) is 3. The Labute approximate surface area is 184 Å². The molecule has 0 saturated heterocycles. The molecule has 0 unspecified atom stereocenters. The largest absolute Gasteiger partial charge is 0.340 e. The van der Waals surface area contributed by atoms with E-state index in [1.165, 1.54) is 24.5 Å². The van der Waals surface area contributed by atoms with Crippen LogP contribution in [0.5, 0.6) is 0 Å². The van der Waals surface area contributed by atoms with E-state index < -0.39 is 15.8 Å². The van der Waals surface area contributed by atoms with Crippen LogP contribution in [0.4, 0.5) is 33.2 Å². The fourth-order valence-electron chi connectivity index (χ4n) is 2.85. The van der Waals surface area contributed by atoms with Gasteiger partial charge in [-0.15, -0.1) is 0 Å². The summed E-state index contributed by atoms with van der Waals surface area (Å²) >= 11 is 0. The number of aryl methyl sites for hydroxylation is 1. The Kier molecular flexibility index (Phi) is 5.95. The Morgan fingerprint density at radius 3 is 2.19 bits per heavy atom. The molecule has 0 saturated carbocycles. The first-order valence-electron chi connectivity index (χ1n) is 9.55. The number of aromatic nitrogens is 3. The maximum absolute atomic E-state index is 13.3. The summed E-state index contributed by atoms with van der Waals surface area (Å²) in [5.41, 5.74) is 2.11. The van der Waals surface area contributed by atoms with Crippen LogP contribution in [0.25, 0.3) is 0 Å². The first kappa shape index (κ1) is 21.2. The number of hydrogen-bond acceptors (Lipinski definition) is 7. The molecular weight excluding hydrogens is 431 g/mol. The molecule has 2 heterocycles. The standard InChI is InChI=1S/C22H19FN6O2S/c1-15-9-10-24-20(11-15)28-22-13-21(25-14-26-22)27-17-5-7-18(8-6-17)29-32(30,31)19-4-2-3-16(23)12-19/h2-14,29H,1H3,(H2,24,25,26,27,28). The number of pyridine rings is 1. The van der Waals surface area contributed by atoms with Crippen LogP contribution >= 0.6 is 0 Å². The molecule has 0 spiro atoms. The van der Waals surface area contributed by atoms with Gasteiger partial charge in [0, 0.05) is 23.6 Å². The Bertz CT molecular complexity index is 1350. The molecule has 10 heteroatoms. The van der Waals surface area contributed by atoms with Crippen LogP contribution in [-0.2, 0) is 10.0 Å². The van der Waals surface area contributed by atoms with Crippen molar-refractivity contribution in [1.82, 2.24) is 15.0 Å². The van der Waals surface area contributed by atoms with Gasteiger partial charge in [-0.1, -0.05) is 6.07 Å². The van der Waals surface area contributed by atoms with Crippen molar-refractivity contribution in [2.24, 2.45) is 0 Å². The highest BCUT2D eigenvalue weighted by molar-refractivity contribution is 7.92. The quantitative estimate of drug-likeness (QED) is 0.377. The third-order valence-corrected chi connectivity index (χ3v) is 5.73. The number of halogens is 1. The summed E-state index contributed by atoms with van der Waals surface area (Å²) in [5, 5.41) is 6.25. The molecule has 2 aromatic heterocycles. The van der Waals surface area contributed by atoms with E-state index in [1.54, 1.807) is 36.5 Å². The predicted octanol–water partition coefficient (Wildman–Crippen LogP) is 4.61. The molecule has 0 radical (unpaired) electrons. The van der Waals surface area contributed by atoms with Gasteiger partial charge in [-0.3, -0.25) is 4.72 Å². The van der Waals surface area contributed by atoms with Gasteiger partial charge in [-0.2, -0.15) is 0 Å². The summed E-state index contributed by atoms with van der Waals surface area (Å²) in [6.45, 7) is 1.97. The van der Waals surface area contributed by atoms with Gasteiger partial charge in [0.2, 0.25) is 0 Å². The molecule has 0 bridgehead atoms. The summed E-state index contributed by atoms with van der Waals surface area (Å²) in [6, 6.07) is 16.9. The van der Waals surface area contributed by atoms with Gasteiger partial charge in [0.1, 0.15) is 29.6 Å². The van der Waals surface area contributed by atoms with Crippen molar-refractivity contribution in [1.29, 1.82) is 0 Å². The first-order valence-corrected chi connectivity index (χ1v) is 11.0.